The third-order valence-corrected chi connectivity index (χ3v) is 3.99. The van der Waals surface area contributed by atoms with Crippen molar-refractivity contribution in [1.82, 2.24) is 0 Å². The van der Waals surface area contributed by atoms with E-state index in [2.05, 4.69) is 5.32 Å². The molecule has 1 fully saturated rings. The molecule has 1 saturated heterocycles. The summed E-state index contributed by atoms with van der Waals surface area (Å²) in [7, 11) is 0. The zero-order chi connectivity index (χ0) is 15.2. The summed E-state index contributed by atoms with van der Waals surface area (Å²) in [5.74, 6) is -0.158. The van der Waals surface area contributed by atoms with Crippen LogP contribution in [0.15, 0.2) is 18.2 Å². The van der Waals surface area contributed by atoms with Gasteiger partial charge in [-0.15, -0.1) is 0 Å². The third kappa shape index (κ3) is 4.68. The number of likely N-dealkylation sites (tertiary alicyclic amines) is 1. The fourth-order valence-electron chi connectivity index (χ4n) is 2.55. The highest BCUT2D eigenvalue weighted by atomic mass is 35.5. The lowest BCUT2D eigenvalue weighted by atomic mass is 10.2. The van der Waals surface area contributed by atoms with E-state index in [1.54, 1.807) is 0 Å². The number of amides is 1. The van der Waals surface area contributed by atoms with Crippen molar-refractivity contribution in [1.29, 1.82) is 0 Å². The third-order valence-electron chi connectivity index (χ3n) is 3.66. The van der Waals surface area contributed by atoms with E-state index in [-0.39, 0.29) is 11.6 Å². The lowest BCUT2D eigenvalue weighted by Gasteiger charge is -2.16. The number of non-ortho nitro benzene ring substituents is 1. The Morgan fingerprint density at radius 2 is 1.95 bits per heavy atom. The van der Waals surface area contributed by atoms with Crippen LogP contribution in [-0.4, -0.2) is 30.5 Å². The van der Waals surface area contributed by atoms with E-state index < -0.39 is 4.92 Å². The minimum atomic E-state index is -0.508. The van der Waals surface area contributed by atoms with E-state index in [0.29, 0.717) is 17.3 Å². The van der Waals surface area contributed by atoms with Gasteiger partial charge in [-0.1, -0.05) is 11.6 Å². The largest absolute Gasteiger partial charge is 0.327 e. The van der Waals surface area contributed by atoms with Crippen LogP contribution in [0.3, 0.4) is 0 Å². The van der Waals surface area contributed by atoms with Crippen molar-refractivity contribution in [3.8, 4) is 0 Å². The van der Waals surface area contributed by atoms with E-state index >= 15 is 0 Å². The average molecular weight is 313 g/mol. The van der Waals surface area contributed by atoms with Gasteiger partial charge in [-0.25, -0.2) is 0 Å². The summed E-state index contributed by atoms with van der Waals surface area (Å²) in [5, 5.41) is 13.7. The van der Waals surface area contributed by atoms with Crippen LogP contribution in [0.25, 0.3) is 0 Å². The van der Waals surface area contributed by atoms with Crippen LogP contribution < -0.4 is 10.2 Å². The van der Waals surface area contributed by atoms with Crippen LogP contribution in [0.1, 0.15) is 25.7 Å². The van der Waals surface area contributed by atoms with Gasteiger partial charge in [0.1, 0.15) is 0 Å². The number of carbonyl (C=O) groups is 1. The summed E-state index contributed by atoms with van der Waals surface area (Å²) >= 11 is 5.97. The highest BCUT2D eigenvalue weighted by Gasteiger charge is 2.18. The minimum absolute atomic E-state index is 0.0863. The number of quaternary nitrogens is 1. The van der Waals surface area contributed by atoms with Crippen LogP contribution in [0.2, 0.25) is 5.02 Å². The topological polar surface area (TPSA) is 76.7 Å². The lowest BCUT2D eigenvalue weighted by Crippen LogP contribution is -3.12. The molecule has 1 aromatic carbocycles. The van der Waals surface area contributed by atoms with E-state index in [1.807, 2.05) is 0 Å². The summed E-state index contributed by atoms with van der Waals surface area (Å²) < 4.78 is 0. The number of anilines is 1. The highest BCUT2D eigenvalue weighted by molar-refractivity contribution is 6.33. The first-order valence-corrected chi connectivity index (χ1v) is 7.51. The fourth-order valence-corrected chi connectivity index (χ4v) is 2.71. The summed E-state index contributed by atoms with van der Waals surface area (Å²) in [6.45, 7) is 2.37. The summed E-state index contributed by atoms with van der Waals surface area (Å²) in [6, 6.07) is 4.03. The van der Waals surface area contributed by atoms with Crippen molar-refractivity contribution in [2.45, 2.75) is 25.7 Å². The van der Waals surface area contributed by atoms with E-state index in [4.69, 9.17) is 11.6 Å². The highest BCUT2D eigenvalue weighted by Crippen LogP contribution is 2.26. The van der Waals surface area contributed by atoms with E-state index in [9.17, 15) is 14.9 Å². The van der Waals surface area contributed by atoms with Crippen LogP contribution in [0.5, 0.6) is 0 Å². The molecule has 0 saturated carbocycles. The molecule has 1 aliphatic rings. The number of rotatable bonds is 4. The van der Waals surface area contributed by atoms with Gasteiger partial charge in [0.05, 0.1) is 28.7 Å². The first-order valence-electron chi connectivity index (χ1n) is 7.13. The normalized spacial score (nSPS) is 16.2. The number of nitro groups is 1. The molecule has 2 N–H and O–H groups in total. The molecule has 6 nitrogen and oxygen atoms in total. The molecular formula is C14H19ClN3O3+. The number of halogens is 1. The van der Waals surface area contributed by atoms with Gasteiger partial charge in [0.2, 0.25) is 0 Å². The molecule has 114 valence electrons. The van der Waals surface area contributed by atoms with Crippen molar-refractivity contribution >= 4 is 28.9 Å². The summed E-state index contributed by atoms with van der Waals surface area (Å²) in [4.78, 5) is 23.6. The fraction of sp³-hybridized carbons (Fsp3) is 0.500. The predicted molar refractivity (Wildman–Crippen MR) is 80.8 cm³/mol. The predicted octanol–water partition coefficient (Wildman–Crippen LogP) is 1.65. The van der Waals surface area contributed by atoms with Crippen molar-refractivity contribution in [3.05, 3.63) is 33.3 Å². The van der Waals surface area contributed by atoms with Crippen LogP contribution in [0.4, 0.5) is 11.4 Å². The zero-order valence-electron chi connectivity index (χ0n) is 11.7. The van der Waals surface area contributed by atoms with E-state index in [0.717, 1.165) is 25.9 Å². The van der Waals surface area contributed by atoms with Gasteiger partial charge in [0, 0.05) is 12.1 Å². The van der Waals surface area contributed by atoms with Crippen LogP contribution in [-0.2, 0) is 4.79 Å². The van der Waals surface area contributed by atoms with E-state index in [1.165, 1.54) is 35.9 Å². The first-order chi connectivity index (χ1) is 10.1. The quantitative estimate of drug-likeness (QED) is 0.655. The monoisotopic (exact) mass is 312 g/mol. The Balaban J connectivity index is 1.98. The number of hydrogen-bond acceptors (Lipinski definition) is 3. The number of nitrogens with zero attached hydrogens (tertiary/aromatic N) is 1. The molecule has 1 aliphatic heterocycles. The first kappa shape index (κ1) is 15.7. The maximum absolute atomic E-state index is 12.1. The maximum Gasteiger partial charge on any atom is 0.279 e. The summed E-state index contributed by atoms with van der Waals surface area (Å²) in [6.07, 6.45) is 4.73. The molecule has 7 heteroatoms. The van der Waals surface area contributed by atoms with Crippen molar-refractivity contribution in [2.24, 2.45) is 0 Å². The molecule has 0 aromatic heterocycles. The number of carbonyl (C=O) groups excluding carboxylic acids is 1. The molecule has 2 rings (SSSR count). The van der Waals surface area contributed by atoms with Crippen molar-refractivity contribution < 1.29 is 14.6 Å². The second-order valence-electron chi connectivity index (χ2n) is 5.31. The lowest BCUT2D eigenvalue weighted by molar-refractivity contribution is -0.890. The smallest absolute Gasteiger partial charge is 0.279 e. The Bertz CT molecular complexity index is 528. The van der Waals surface area contributed by atoms with Gasteiger partial charge in [-0.2, -0.15) is 0 Å². The van der Waals surface area contributed by atoms with Crippen LogP contribution in [0, 0.1) is 10.1 Å². The zero-order valence-corrected chi connectivity index (χ0v) is 12.5. The second-order valence-corrected chi connectivity index (χ2v) is 5.72. The molecular weight excluding hydrogens is 294 g/mol. The van der Waals surface area contributed by atoms with Gasteiger partial charge in [-0.05, 0) is 31.7 Å². The molecule has 0 aliphatic carbocycles. The van der Waals surface area contributed by atoms with Crippen molar-refractivity contribution in [3.63, 3.8) is 0 Å². The van der Waals surface area contributed by atoms with Crippen LogP contribution >= 0.6 is 11.6 Å². The van der Waals surface area contributed by atoms with Gasteiger partial charge in [0.15, 0.2) is 6.54 Å². The van der Waals surface area contributed by atoms with Gasteiger partial charge in [0.25, 0.3) is 11.6 Å². The molecule has 1 amide bonds. The second kappa shape index (κ2) is 7.38. The number of nitro benzene ring substituents is 1. The molecule has 0 atom stereocenters. The Morgan fingerprint density at radius 1 is 1.29 bits per heavy atom. The summed E-state index contributed by atoms with van der Waals surface area (Å²) in [5.41, 5.74) is 0.210. The minimum Gasteiger partial charge on any atom is -0.327 e. The SMILES string of the molecule is O=C(C[NH+]1CCCCCC1)Nc1cc([N+](=O)[O-])ccc1Cl. The number of hydrogen-bond donors (Lipinski definition) is 2. The average Bonchev–Trinajstić information content (AvgIpc) is 2.69. The molecule has 0 bridgehead atoms. The molecule has 0 spiro atoms. The molecule has 0 radical (unpaired) electrons. The van der Waals surface area contributed by atoms with Crippen molar-refractivity contribution in [2.75, 3.05) is 25.0 Å². The Hall–Kier alpha value is -1.66. The van der Waals surface area contributed by atoms with Gasteiger partial charge < -0.3 is 10.2 Å². The molecule has 0 unspecified atom stereocenters. The molecule has 21 heavy (non-hydrogen) atoms. The Kier molecular flexibility index (Phi) is 5.52. The standard InChI is InChI=1S/C14H18ClN3O3/c15-12-6-5-11(18(20)21)9-13(12)16-14(19)10-17-7-3-1-2-4-8-17/h5-6,9H,1-4,7-8,10H2,(H,16,19)/p+1. The van der Waals surface area contributed by atoms with Gasteiger partial charge in [-0.3, -0.25) is 14.9 Å². The number of nitrogens with one attached hydrogen (secondary N) is 2. The molecule has 1 heterocycles. The maximum atomic E-state index is 12.1. The Morgan fingerprint density at radius 3 is 2.57 bits per heavy atom. The number of benzene rings is 1. The van der Waals surface area contributed by atoms with Gasteiger partial charge >= 0.3 is 0 Å². The Labute approximate surface area is 128 Å². The molecule has 1 aromatic rings.